The summed E-state index contributed by atoms with van der Waals surface area (Å²) < 4.78 is 0. The van der Waals surface area contributed by atoms with Crippen LogP contribution in [0.1, 0.15) is 25.7 Å². The van der Waals surface area contributed by atoms with Gasteiger partial charge in [0.1, 0.15) is 0 Å². The molecule has 0 spiro atoms. The first kappa shape index (κ1) is 11.2. The Morgan fingerprint density at radius 1 is 1.62 bits per heavy atom. The summed E-state index contributed by atoms with van der Waals surface area (Å²) in [5, 5.41) is 3.04. The van der Waals surface area contributed by atoms with E-state index in [4.69, 9.17) is 11.6 Å². The minimum atomic E-state index is 0.160. The Balaban J connectivity index is 2.11. The second kappa shape index (κ2) is 6.55. The standard InChI is InChI=1S/C9H16ClNOS/c10-5-1-4-9(12)11-8-3-2-6-13-7-8/h8H,1-7H2,(H,11,12). The molecule has 1 unspecified atom stereocenters. The van der Waals surface area contributed by atoms with E-state index in [0.29, 0.717) is 18.3 Å². The summed E-state index contributed by atoms with van der Waals surface area (Å²) in [6, 6.07) is 0.404. The van der Waals surface area contributed by atoms with Crippen molar-refractivity contribution in [1.29, 1.82) is 0 Å². The molecule has 1 heterocycles. The number of amides is 1. The number of halogens is 1. The fraction of sp³-hybridized carbons (Fsp3) is 0.889. The second-order valence-corrected chi connectivity index (χ2v) is 4.80. The van der Waals surface area contributed by atoms with E-state index >= 15 is 0 Å². The Morgan fingerprint density at radius 2 is 2.46 bits per heavy atom. The maximum atomic E-state index is 11.3. The predicted octanol–water partition coefficient (Wildman–Crippen LogP) is 2.02. The maximum absolute atomic E-state index is 11.3. The van der Waals surface area contributed by atoms with Crippen LogP contribution in [0.15, 0.2) is 0 Å². The SMILES string of the molecule is O=C(CCCCl)NC1CCCSC1. The number of nitrogens with one attached hydrogen (secondary N) is 1. The van der Waals surface area contributed by atoms with Crippen molar-refractivity contribution in [3.63, 3.8) is 0 Å². The summed E-state index contributed by atoms with van der Waals surface area (Å²) in [6.07, 6.45) is 3.72. The van der Waals surface area contributed by atoms with E-state index in [-0.39, 0.29) is 5.91 Å². The quantitative estimate of drug-likeness (QED) is 0.736. The van der Waals surface area contributed by atoms with Crippen molar-refractivity contribution in [2.45, 2.75) is 31.7 Å². The molecule has 0 saturated carbocycles. The average molecular weight is 222 g/mol. The summed E-state index contributed by atoms with van der Waals surface area (Å²) in [5.74, 6) is 3.06. The lowest BCUT2D eigenvalue weighted by Gasteiger charge is -2.22. The third-order valence-electron chi connectivity index (χ3n) is 2.06. The molecule has 0 bridgehead atoms. The van der Waals surface area contributed by atoms with Crippen molar-refractivity contribution in [2.24, 2.45) is 0 Å². The van der Waals surface area contributed by atoms with Crippen LogP contribution in [-0.2, 0) is 4.79 Å². The van der Waals surface area contributed by atoms with Gasteiger partial charge in [0.25, 0.3) is 0 Å². The van der Waals surface area contributed by atoms with Gasteiger partial charge in [0.2, 0.25) is 5.91 Å². The molecule has 1 rings (SSSR count). The molecular formula is C9H16ClNOS. The van der Waals surface area contributed by atoms with Crippen LogP contribution in [0.5, 0.6) is 0 Å². The molecule has 0 aromatic rings. The molecule has 13 heavy (non-hydrogen) atoms. The Morgan fingerprint density at radius 3 is 3.08 bits per heavy atom. The normalized spacial score (nSPS) is 22.7. The van der Waals surface area contributed by atoms with Crippen LogP contribution in [0.4, 0.5) is 0 Å². The number of hydrogen-bond acceptors (Lipinski definition) is 2. The molecular weight excluding hydrogens is 206 g/mol. The summed E-state index contributed by atoms with van der Waals surface area (Å²) in [5.41, 5.74) is 0. The van der Waals surface area contributed by atoms with Crippen molar-refractivity contribution < 1.29 is 4.79 Å². The Labute approximate surface area is 88.8 Å². The van der Waals surface area contributed by atoms with E-state index < -0.39 is 0 Å². The highest BCUT2D eigenvalue weighted by Crippen LogP contribution is 2.16. The molecule has 4 heteroatoms. The summed E-state index contributed by atoms with van der Waals surface area (Å²) in [7, 11) is 0. The van der Waals surface area contributed by atoms with Crippen LogP contribution in [0, 0.1) is 0 Å². The van der Waals surface area contributed by atoms with Gasteiger partial charge in [-0.3, -0.25) is 4.79 Å². The monoisotopic (exact) mass is 221 g/mol. The van der Waals surface area contributed by atoms with Gasteiger partial charge in [-0.1, -0.05) is 0 Å². The lowest BCUT2D eigenvalue weighted by molar-refractivity contribution is -0.121. The highest BCUT2D eigenvalue weighted by Gasteiger charge is 2.15. The smallest absolute Gasteiger partial charge is 0.220 e. The molecule has 1 aliphatic rings. The van der Waals surface area contributed by atoms with E-state index in [0.717, 1.165) is 18.6 Å². The third kappa shape index (κ3) is 4.77. The summed E-state index contributed by atoms with van der Waals surface area (Å²) in [4.78, 5) is 11.3. The minimum Gasteiger partial charge on any atom is -0.353 e. The van der Waals surface area contributed by atoms with Gasteiger partial charge in [-0.15, -0.1) is 11.6 Å². The van der Waals surface area contributed by atoms with Crippen molar-refractivity contribution in [3.05, 3.63) is 0 Å². The third-order valence-corrected chi connectivity index (χ3v) is 3.55. The zero-order chi connectivity index (χ0) is 9.52. The van der Waals surface area contributed by atoms with Gasteiger partial charge < -0.3 is 5.32 Å². The minimum absolute atomic E-state index is 0.160. The van der Waals surface area contributed by atoms with Gasteiger partial charge in [-0.25, -0.2) is 0 Å². The van der Waals surface area contributed by atoms with Crippen molar-refractivity contribution in [1.82, 2.24) is 5.32 Å². The van der Waals surface area contributed by atoms with E-state index in [2.05, 4.69) is 5.32 Å². The Bertz CT molecular complexity index is 160. The number of carbonyl (C=O) groups excluding carboxylic acids is 1. The molecule has 2 nitrogen and oxygen atoms in total. The molecule has 0 aromatic carbocycles. The van der Waals surface area contributed by atoms with Crippen LogP contribution in [-0.4, -0.2) is 29.3 Å². The lowest BCUT2D eigenvalue weighted by Crippen LogP contribution is -2.38. The fourth-order valence-corrected chi connectivity index (χ4v) is 2.59. The highest BCUT2D eigenvalue weighted by molar-refractivity contribution is 7.99. The first-order valence-electron chi connectivity index (χ1n) is 4.76. The van der Waals surface area contributed by atoms with E-state index in [1.54, 1.807) is 0 Å². The molecule has 0 aromatic heterocycles. The maximum Gasteiger partial charge on any atom is 0.220 e. The van der Waals surface area contributed by atoms with Gasteiger partial charge in [-0.05, 0) is 25.0 Å². The molecule has 1 N–H and O–H groups in total. The number of alkyl halides is 1. The van der Waals surface area contributed by atoms with E-state index in [1.165, 1.54) is 12.2 Å². The Hall–Kier alpha value is 0.110. The Kier molecular flexibility index (Phi) is 5.63. The molecule has 1 amide bonds. The zero-order valence-corrected chi connectivity index (χ0v) is 9.29. The average Bonchev–Trinajstić information content (AvgIpc) is 2.16. The first-order valence-corrected chi connectivity index (χ1v) is 6.45. The van der Waals surface area contributed by atoms with Gasteiger partial charge >= 0.3 is 0 Å². The highest BCUT2D eigenvalue weighted by atomic mass is 35.5. The number of hydrogen-bond donors (Lipinski definition) is 1. The van der Waals surface area contributed by atoms with E-state index in [1.807, 2.05) is 11.8 Å². The molecule has 1 fully saturated rings. The van der Waals surface area contributed by atoms with E-state index in [9.17, 15) is 4.79 Å². The second-order valence-electron chi connectivity index (χ2n) is 3.27. The van der Waals surface area contributed by atoms with Crippen molar-refractivity contribution in [3.8, 4) is 0 Å². The predicted molar refractivity (Wildman–Crippen MR) is 58.4 cm³/mol. The van der Waals surface area contributed by atoms with Gasteiger partial charge in [-0.2, -0.15) is 11.8 Å². The summed E-state index contributed by atoms with van der Waals surface area (Å²) >= 11 is 7.43. The zero-order valence-electron chi connectivity index (χ0n) is 7.72. The largest absolute Gasteiger partial charge is 0.353 e. The van der Waals surface area contributed by atoms with Gasteiger partial charge in [0, 0.05) is 24.1 Å². The van der Waals surface area contributed by atoms with Crippen molar-refractivity contribution >= 4 is 29.3 Å². The molecule has 1 atom stereocenters. The van der Waals surface area contributed by atoms with Crippen molar-refractivity contribution in [2.75, 3.05) is 17.4 Å². The van der Waals surface area contributed by atoms with Gasteiger partial charge in [0.05, 0.1) is 0 Å². The molecule has 0 radical (unpaired) electrons. The van der Waals surface area contributed by atoms with Crippen LogP contribution >= 0.6 is 23.4 Å². The molecule has 0 aliphatic carbocycles. The van der Waals surface area contributed by atoms with Crippen LogP contribution in [0.2, 0.25) is 0 Å². The molecule has 1 aliphatic heterocycles. The number of thioether (sulfide) groups is 1. The number of rotatable bonds is 4. The lowest BCUT2D eigenvalue weighted by atomic mass is 10.2. The summed E-state index contributed by atoms with van der Waals surface area (Å²) in [6.45, 7) is 0. The van der Waals surface area contributed by atoms with Crippen LogP contribution < -0.4 is 5.32 Å². The fourth-order valence-electron chi connectivity index (χ4n) is 1.38. The number of carbonyl (C=O) groups is 1. The first-order chi connectivity index (χ1) is 6.33. The topological polar surface area (TPSA) is 29.1 Å². The molecule has 1 saturated heterocycles. The molecule has 76 valence electrons. The van der Waals surface area contributed by atoms with Crippen LogP contribution in [0.3, 0.4) is 0 Å². The van der Waals surface area contributed by atoms with Gasteiger partial charge in [0.15, 0.2) is 0 Å². The van der Waals surface area contributed by atoms with Crippen LogP contribution in [0.25, 0.3) is 0 Å².